The number of nitrogens with zero attached hydrogens (tertiary/aromatic N) is 1. The lowest BCUT2D eigenvalue weighted by molar-refractivity contribution is 0.723. The van der Waals surface area contributed by atoms with Gasteiger partial charge in [0.15, 0.2) is 0 Å². The van der Waals surface area contributed by atoms with E-state index in [-0.39, 0.29) is 0 Å². The zero-order valence-corrected chi connectivity index (χ0v) is 11.9. The summed E-state index contributed by atoms with van der Waals surface area (Å²) in [6.45, 7) is 4.77. The fraction of sp³-hybridized carbons (Fsp3) is 0.600. The number of hydrogen-bond acceptors (Lipinski definition) is 3. The van der Waals surface area contributed by atoms with Gasteiger partial charge in [0, 0.05) is 24.4 Å². The van der Waals surface area contributed by atoms with E-state index in [1.165, 1.54) is 49.5 Å². The zero-order chi connectivity index (χ0) is 12.4. The Balaban J connectivity index is 1.78. The highest BCUT2D eigenvalue weighted by molar-refractivity contribution is 8.00. The molecule has 2 saturated heterocycles. The summed E-state index contributed by atoms with van der Waals surface area (Å²) in [5.74, 6) is 1.30. The Morgan fingerprint density at radius 1 is 1.22 bits per heavy atom. The first-order chi connectivity index (χ1) is 8.84. The van der Waals surface area contributed by atoms with Crippen molar-refractivity contribution in [3.8, 4) is 0 Å². The van der Waals surface area contributed by atoms with Crippen LogP contribution in [0, 0.1) is 0 Å². The van der Waals surface area contributed by atoms with Gasteiger partial charge in [-0.1, -0.05) is 19.1 Å². The molecule has 0 aromatic heterocycles. The summed E-state index contributed by atoms with van der Waals surface area (Å²) in [6, 6.07) is 9.45. The van der Waals surface area contributed by atoms with Crippen LogP contribution >= 0.6 is 11.8 Å². The third kappa shape index (κ3) is 2.46. The van der Waals surface area contributed by atoms with Crippen molar-refractivity contribution < 1.29 is 0 Å². The van der Waals surface area contributed by atoms with Crippen molar-refractivity contribution in [3.63, 3.8) is 0 Å². The molecule has 98 valence electrons. The number of thioether (sulfide) groups is 1. The summed E-state index contributed by atoms with van der Waals surface area (Å²) < 4.78 is 0. The van der Waals surface area contributed by atoms with Gasteiger partial charge in [0.1, 0.15) is 0 Å². The number of nitrogens with one attached hydrogen (secondary N) is 1. The van der Waals surface area contributed by atoms with Crippen LogP contribution in [0.4, 0.5) is 11.4 Å². The largest absolute Gasteiger partial charge is 0.380 e. The fourth-order valence-electron chi connectivity index (χ4n) is 2.95. The zero-order valence-electron chi connectivity index (χ0n) is 11.1. The van der Waals surface area contributed by atoms with Crippen LogP contribution in [0.2, 0.25) is 0 Å². The van der Waals surface area contributed by atoms with Crippen molar-refractivity contribution in [2.45, 2.75) is 37.5 Å². The molecule has 2 unspecified atom stereocenters. The second kappa shape index (κ2) is 5.43. The van der Waals surface area contributed by atoms with E-state index in [0.29, 0.717) is 6.04 Å². The Morgan fingerprint density at radius 2 is 2.00 bits per heavy atom. The van der Waals surface area contributed by atoms with Crippen LogP contribution in [0.15, 0.2) is 24.3 Å². The molecule has 1 N–H and O–H groups in total. The highest BCUT2D eigenvalue weighted by Gasteiger charge is 2.25. The predicted molar refractivity (Wildman–Crippen MR) is 81.8 cm³/mol. The first-order valence-corrected chi connectivity index (χ1v) is 8.11. The lowest BCUT2D eigenvalue weighted by Crippen LogP contribution is -2.27. The van der Waals surface area contributed by atoms with Gasteiger partial charge >= 0.3 is 0 Å². The lowest BCUT2D eigenvalue weighted by Gasteiger charge is -2.25. The molecule has 1 aromatic rings. The molecule has 1 aromatic carbocycles. The second-order valence-electron chi connectivity index (χ2n) is 5.33. The Labute approximate surface area is 114 Å². The molecule has 0 spiro atoms. The van der Waals surface area contributed by atoms with Gasteiger partial charge in [-0.15, -0.1) is 0 Å². The standard InChI is InChI=1S/C15H22N2S/c1-12-13(8-11-18-12)16-14-6-2-3-7-15(14)17-9-4-5-10-17/h2-3,6-7,12-13,16H,4-5,8-11H2,1H3. The molecule has 2 aliphatic heterocycles. The summed E-state index contributed by atoms with van der Waals surface area (Å²) >= 11 is 2.09. The van der Waals surface area contributed by atoms with E-state index in [0.717, 1.165) is 5.25 Å². The third-order valence-electron chi connectivity index (χ3n) is 4.07. The second-order valence-corrected chi connectivity index (χ2v) is 6.81. The molecule has 2 atom stereocenters. The van der Waals surface area contributed by atoms with E-state index in [1.54, 1.807) is 0 Å². The highest BCUT2D eigenvalue weighted by atomic mass is 32.2. The van der Waals surface area contributed by atoms with E-state index >= 15 is 0 Å². The predicted octanol–water partition coefficient (Wildman–Crippen LogP) is 3.59. The fourth-order valence-corrected chi connectivity index (χ4v) is 4.15. The number of anilines is 2. The molecule has 18 heavy (non-hydrogen) atoms. The van der Waals surface area contributed by atoms with Gasteiger partial charge in [0.2, 0.25) is 0 Å². The van der Waals surface area contributed by atoms with Crippen molar-refractivity contribution in [1.29, 1.82) is 0 Å². The third-order valence-corrected chi connectivity index (χ3v) is 5.39. The normalized spacial score (nSPS) is 27.7. The van der Waals surface area contributed by atoms with Crippen molar-refractivity contribution in [2.75, 3.05) is 29.1 Å². The molecule has 0 aliphatic carbocycles. The Hall–Kier alpha value is -0.830. The SMILES string of the molecule is CC1SCCC1Nc1ccccc1N1CCCC1. The molecule has 3 heteroatoms. The minimum Gasteiger partial charge on any atom is -0.380 e. The van der Waals surface area contributed by atoms with Gasteiger partial charge in [-0.05, 0) is 37.1 Å². The van der Waals surface area contributed by atoms with E-state index in [2.05, 4.69) is 53.2 Å². The molecule has 2 fully saturated rings. The van der Waals surface area contributed by atoms with E-state index in [9.17, 15) is 0 Å². The van der Waals surface area contributed by atoms with Crippen molar-refractivity contribution in [2.24, 2.45) is 0 Å². The maximum absolute atomic E-state index is 3.77. The Kier molecular flexibility index (Phi) is 3.69. The first kappa shape index (κ1) is 12.2. The maximum atomic E-state index is 3.77. The molecule has 2 heterocycles. The van der Waals surface area contributed by atoms with Gasteiger partial charge in [-0.2, -0.15) is 11.8 Å². The van der Waals surface area contributed by atoms with Crippen LogP contribution in [-0.2, 0) is 0 Å². The van der Waals surface area contributed by atoms with E-state index in [4.69, 9.17) is 0 Å². The smallest absolute Gasteiger partial charge is 0.0602 e. The first-order valence-electron chi connectivity index (χ1n) is 7.07. The van der Waals surface area contributed by atoms with Crippen LogP contribution in [0.25, 0.3) is 0 Å². The summed E-state index contributed by atoms with van der Waals surface area (Å²) in [4.78, 5) is 2.52. The Bertz CT molecular complexity index is 401. The summed E-state index contributed by atoms with van der Waals surface area (Å²) in [5, 5.41) is 4.51. The minimum atomic E-state index is 0.638. The molecular weight excluding hydrogens is 240 g/mol. The molecule has 0 radical (unpaired) electrons. The molecular formula is C15H22N2S. The van der Waals surface area contributed by atoms with Crippen molar-refractivity contribution >= 4 is 23.1 Å². The van der Waals surface area contributed by atoms with Crippen molar-refractivity contribution in [1.82, 2.24) is 0 Å². The molecule has 2 aliphatic rings. The summed E-state index contributed by atoms with van der Waals surface area (Å²) in [7, 11) is 0. The van der Waals surface area contributed by atoms with Crippen LogP contribution in [0.3, 0.4) is 0 Å². The molecule has 0 amide bonds. The average Bonchev–Trinajstić information content (AvgIpc) is 3.03. The quantitative estimate of drug-likeness (QED) is 0.896. The van der Waals surface area contributed by atoms with Crippen LogP contribution in [0.1, 0.15) is 26.2 Å². The number of para-hydroxylation sites is 2. The van der Waals surface area contributed by atoms with Gasteiger partial charge in [0.05, 0.1) is 11.4 Å². The van der Waals surface area contributed by atoms with Gasteiger partial charge < -0.3 is 10.2 Å². The Morgan fingerprint density at radius 3 is 2.72 bits per heavy atom. The molecule has 0 saturated carbocycles. The molecule has 2 nitrogen and oxygen atoms in total. The maximum Gasteiger partial charge on any atom is 0.0602 e. The van der Waals surface area contributed by atoms with Crippen molar-refractivity contribution in [3.05, 3.63) is 24.3 Å². The van der Waals surface area contributed by atoms with E-state index in [1.807, 2.05) is 0 Å². The van der Waals surface area contributed by atoms with Crippen LogP contribution in [0.5, 0.6) is 0 Å². The van der Waals surface area contributed by atoms with Gasteiger partial charge in [-0.25, -0.2) is 0 Å². The summed E-state index contributed by atoms with van der Waals surface area (Å²) in [6.07, 6.45) is 3.97. The van der Waals surface area contributed by atoms with Gasteiger partial charge in [-0.3, -0.25) is 0 Å². The minimum absolute atomic E-state index is 0.638. The van der Waals surface area contributed by atoms with Crippen LogP contribution in [-0.4, -0.2) is 30.1 Å². The summed E-state index contributed by atoms with van der Waals surface area (Å²) in [5.41, 5.74) is 2.73. The highest BCUT2D eigenvalue weighted by Crippen LogP contribution is 2.33. The average molecular weight is 262 g/mol. The number of rotatable bonds is 3. The topological polar surface area (TPSA) is 15.3 Å². The lowest BCUT2D eigenvalue weighted by atomic mass is 10.1. The molecule has 3 rings (SSSR count). The van der Waals surface area contributed by atoms with Gasteiger partial charge in [0.25, 0.3) is 0 Å². The van der Waals surface area contributed by atoms with E-state index < -0.39 is 0 Å². The van der Waals surface area contributed by atoms with Crippen LogP contribution < -0.4 is 10.2 Å². The number of benzene rings is 1. The number of hydrogen-bond donors (Lipinski definition) is 1. The molecule has 0 bridgehead atoms. The monoisotopic (exact) mass is 262 g/mol.